The number of hydrogen-bond donors (Lipinski definition) is 1. The van der Waals surface area contributed by atoms with Crippen LogP contribution < -0.4 is 5.32 Å². The Morgan fingerprint density at radius 2 is 2.06 bits per heavy atom. The van der Waals surface area contributed by atoms with Gasteiger partial charge in [0.25, 0.3) is 0 Å². The number of sulfone groups is 1. The number of thiophene rings is 1. The molecule has 0 fully saturated rings. The third kappa shape index (κ3) is 5.09. The van der Waals surface area contributed by atoms with Gasteiger partial charge in [-0.2, -0.15) is 0 Å². The van der Waals surface area contributed by atoms with E-state index < -0.39 is 9.84 Å². The molecule has 1 rings (SSSR count). The minimum Gasteiger partial charge on any atom is -0.311 e. The van der Waals surface area contributed by atoms with Crippen LogP contribution in [0.1, 0.15) is 23.1 Å². The van der Waals surface area contributed by atoms with Crippen molar-refractivity contribution in [3.05, 3.63) is 21.9 Å². The molecule has 1 aromatic rings. The first-order chi connectivity index (χ1) is 7.53. The Morgan fingerprint density at radius 3 is 2.62 bits per heavy atom. The van der Waals surface area contributed by atoms with Gasteiger partial charge in [-0.15, -0.1) is 11.3 Å². The van der Waals surface area contributed by atoms with E-state index in [2.05, 4.69) is 24.4 Å². The molecular weight excluding hydrogens is 242 g/mol. The first-order valence-corrected chi connectivity index (χ1v) is 8.14. The van der Waals surface area contributed by atoms with Gasteiger partial charge in [0.1, 0.15) is 0 Å². The maximum absolute atomic E-state index is 11.4. The molecule has 0 aliphatic rings. The van der Waals surface area contributed by atoms with Crippen molar-refractivity contribution in [2.75, 3.05) is 18.1 Å². The van der Waals surface area contributed by atoms with Crippen molar-refractivity contribution < 1.29 is 8.42 Å². The van der Waals surface area contributed by atoms with Crippen LogP contribution in [-0.4, -0.2) is 26.5 Å². The lowest BCUT2D eigenvalue weighted by molar-refractivity contribution is 0.589. The van der Waals surface area contributed by atoms with Crippen molar-refractivity contribution in [2.45, 2.75) is 26.8 Å². The lowest BCUT2D eigenvalue weighted by atomic mass is 10.4. The Hall–Kier alpha value is -0.390. The highest BCUT2D eigenvalue weighted by atomic mass is 32.2. The van der Waals surface area contributed by atoms with E-state index in [4.69, 9.17) is 0 Å². The molecule has 5 heteroatoms. The molecule has 0 radical (unpaired) electrons. The van der Waals surface area contributed by atoms with Crippen molar-refractivity contribution in [1.29, 1.82) is 0 Å². The van der Waals surface area contributed by atoms with E-state index in [9.17, 15) is 8.42 Å². The lowest BCUT2D eigenvalue weighted by Crippen LogP contribution is -2.23. The summed E-state index contributed by atoms with van der Waals surface area (Å²) in [4.78, 5) is 2.54. The molecule has 1 aromatic heterocycles. The molecule has 0 saturated carbocycles. The zero-order valence-electron chi connectivity index (χ0n) is 9.82. The number of hydrogen-bond acceptors (Lipinski definition) is 4. The molecule has 0 aromatic carbocycles. The van der Waals surface area contributed by atoms with Crippen LogP contribution in [0, 0.1) is 6.92 Å². The van der Waals surface area contributed by atoms with Gasteiger partial charge in [0, 0.05) is 28.6 Å². The normalized spacial score (nSPS) is 11.9. The second-order valence-electron chi connectivity index (χ2n) is 3.84. The molecule has 1 heterocycles. The zero-order chi connectivity index (χ0) is 12.0. The number of rotatable bonds is 7. The fraction of sp³-hybridized carbons (Fsp3) is 0.636. The Bertz CT molecular complexity index is 409. The van der Waals surface area contributed by atoms with Crippen molar-refractivity contribution in [3.8, 4) is 0 Å². The van der Waals surface area contributed by atoms with Crippen LogP contribution in [0.15, 0.2) is 12.1 Å². The van der Waals surface area contributed by atoms with Crippen LogP contribution in [0.5, 0.6) is 0 Å². The maximum Gasteiger partial charge on any atom is 0.151 e. The average molecular weight is 261 g/mol. The summed E-state index contributed by atoms with van der Waals surface area (Å²) in [6.45, 7) is 5.26. The summed E-state index contributed by atoms with van der Waals surface area (Å²) < 4.78 is 22.8. The molecule has 0 amide bonds. The average Bonchev–Trinajstić information content (AvgIpc) is 2.59. The molecule has 0 aliphatic heterocycles. The summed E-state index contributed by atoms with van der Waals surface area (Å²) in [5.74, 6) is 0.540. The number of aryl methyl sites for hydroxylation is 1. The molecule has 0 saturated heterocycles. The summed E-state index contributed by atoms with van der Waals surface area (Å²) in [6, 6.07) is 4.16. The van der Waals surface area contributed by atoms with Crippen LogP contribution in [0.25, 0.3) is 0 Å². The van der Waals surface area contributed by atoms with E-state index in [1.807, 2.05) is 6.92 Å². The molecule has 0 atom stereocenters. The molecular formula is C11H19NO2S2. The van der Waals surface area contributed by atoms with Gasteiger partial charge in [-0.25, -0.2) is 8.42 Å². The first kappa shape index (κ1) is 13.7. The third-order valence-electron chi connectivity index (χ3n) is 2.20. The van der Waals surface area contributed by atoms with Gasteiger partial charge >= 0.3 is 0 Å². The van der Waals surface area contributed by atoms with Crippen LogP contribution >= 0.6 is 11.3 Å². The molecule has 16 heavy (non-hydrogen) atoms. The van der Waals surface area contributed by atoms with E-state index in [-0.39, 0.29) is 5.75 Å². The fourth-order valence-electron chi connectivity index (χ4n) is 1.43. The van der Waals surface area contributed by atoms with Crippen molar-refractivity contribution in [3.63, 3.8) is 0 Å². The first-order valence-electron chi connectivity index (χ1n) is 5.50. The topological polar surface area (TPSA) is 46.2 Å². The minimum absolute atomic E-state index is 0.241. The summed E-state index contributed by atoms with van der Waals surface area (Å²) in [5.41, 5.74) is 0. The van der Waals surface area contributed by atoms with E-state index in [0.717, 1.165) is 6.54 Å². The van der Waals surface area contributed by atoms with E-state index in [0.29, 0.717) is 18.7 Å². The third-order valence-corrected chi connectivity index (χ3v) is 5.06. The predicted octanol–water partition coefficient (Wildman–Crippen LogP) is 1.97. The van der Waals surface area contributed by atoms with E-state index in [1.165, 1.54) is 9.75 Å². The quantitative estimate of drug-likeness (QED) is 0.763. The van der Waals surface area contributed by atoms with Crippen molar-refractivity contribution in [1.82, 2.24) is 5.32 Å². The SMILES string of the molecule is CCCS(=O)(=O)CCNCc1ccc(C)s1. The molecule has 3 nitrogen and oxygen atoms in total. The molecule has 0 bridgehead atoms. The summed E-state index contributed by atoms with van der Waals surface area (Å²) >= 11 is 1.74. The van der Waals surface area contributed by atoms with Gasteiger partial charge in [0.2, 0.25) is 0 Å². The second kappa shape index (κ2) is 6.37. The molecule has 92 valence electrons. The Morgan fingerprint density at radius 1 is 1.31 bits per heavy atom. The lowest BCUT2D eigenvalue weighted by Gasteiger charge is -2.04. The highest BCUT2D eigenvalue weighted by Crippen LogP contribution is 2.14. The Kier molecular flexibility index (Phi) is 5.44. The fourth-order valence-corrected chi connectivity index (χ4v) is 3.57. The summed E-state index contributed by atoms with van der Waals surface area (Å²) in [5, 5.41) is 3.16. The van der Waals surface area contributed by atoms with Crippen LogP contribution in [0.2, 0.25) is 0 Å². The van der Waals surface area contributed by atoms with E-state index >= 15 is 0 Å². The van der Waals surface area contributed by atoms with Gasteiger partial charge in [0.15, 0.2) is 9.84 Å². The maximum atomic E-state index is 11.4. The zero-order valence-corrected chi connectivity index (χ0v) is 11.5. The summed E-state index contributed by atoms with van der Waals surface area (Å²) in [7, 11) is -2.84. The highest BCUT2D eigenvalue weighted by molar-refractivity contribution is 7.91. The predicted molar refractivity (Wildman–Crippen MR) is 69.7 cm³/mol. The largest absolute Gasteiger partial charge is 0.311 e. The summed E-state index contributed by atoms with van der Waals surface area (Å²) in [6.07, 6.45) is 0.701. The van der Waals surface area contributed by atoms with Crippen molar-refractivity contribution in [2.24, 2.45) is 0 Å². The smallest absolute Gasteiger partial charge is 0.151 e. The standard InChI is InChI=1S/C11H19NO2S2/c1-3-7-16(13,14)8-6-12-9-11-5-4-10(2)15-11/h4-5,12H,3,6-9H2,1-2H3. The van der Waals surface area contributed by atoms with E-state index in [1.54, 1.807) is 11.3 Å². The number of nitrogens with one attached hydrogen (secondary N) is 1. The molecule has 1 N–H and O–H groups in total. The second-order valence-corrected chi connectivity index (χ2v) is 7.52. The van der Waals surface area contributed by atoms with Crippen LogP contribution in [0.4, 0.5) is 0 Å². The van der Waals surface area contributed by atoms with Gasteiger partial charge in [-0.1, -0.05) is 6.92 Å². The van der Waals surface area contributed by atoms with Crippen LogP contribution in [0.3, 0.4) is 0 Å². The van der Waals surface area contributed by atoms with Gasteiger partial charge < -0.3 is 5.32 Å². The van der Waals surface area contributed by atoms with Gasteiger partial charge in [0.05, 0.1) is 5.75 Å². The molecule has 0 unspecified atom stereocenters. The Labute approximate surface area is 102 Å². The Balaban J connectivity index is 2.22. The molecule has 0 spiro atoms. The monoisotopic (exact) mass is 261 g/mol. The van der Waals surface area contributed by atoms with Crippen LogP contribution in [-0.2, 0) is 16.4 Å². The highest BCUT2D eigenvalue weighted by Gasteiger charge is 2.08. The molecule has 0 aliphatic carbocycles. The van der Waals surface area contributed by atoms with Crippen molar-refractivity contribution >= 4 is 21.2 Å². The minimum atomic E-state index is -2.84. The van der Waals surface area contributed by atoms with Gasteiger partial charge in [-0.3, -0.25) is 0 Å². The van der Waals surface area contributed by atoms with Gasteiger partial charge in [-0.05, 0) is 25.5 Å².